The molecular formula is C19H17Cl2F3N2O5. The van der Waals surface area contributed by atoms with Gasteiger partial charge in [0.2, 0.25) is 0 Å². The Morgan fingerprint density at radius 1 is 1.06 bits per heavy atom. The molecule has 0 aliphatic heterocycles. The Morgan fingerprint density at radius 2 is 1.74 bits per heavy atom. The van der Waals surface area contributed by atoms with E-state index in [1.54, 1.807) is 0 Å². The van der Waals surface area contributed by atoms with Crippen LogP contribution >= 0.6 is 23.2 Å². The highest BCUT2D eigenvalue weighted by atomic mass is 35.5. The van der Waals surface area contributed by atoms with Gasteiger partial charge in [0, 0.05) is 11.3 Å². The molecule has 0 fully saturated rings. The van der Waals surface area contributed by atoms with Crippen molar-refractivity contribution < 1.29 is 37.3 Å². The lowest BCUT2D eigenvalue weighted by Crippen LogP contribution is -2.50. The quantitative estimate of drug-likeness (QED) is 0.507. The van der Waals surface area contributed by atoms with E-state index in [1.807, 2.05) is 0 Å². The van der Waals surface area contributed by atoms with Gasteiger partial charge in [-0.05, 0) is 37.3 Å². The molecule has 2 rings (SSSR count). The summed E-state index contributed by atoms with van der Waals surface area (Å²) in [6.45, 7) is 0.928. The van der Waals surface area contributed by atoms with Gasteiger partial charge in [0.15, 0.2) is 0 Å². The van der Waals surface area contributed by atoms with Crippen LogP contribution in [0.1, 0.15) is 12.5 Å². The largest absolute Gasteiger partial charge is 0.495 e. The highest BCUT2D eigenvalue weighted by molar-refractivity contribution is 6.42. The fraction of sp³-hybridized carbons (Fsp3) is 0.263. The van der Waals surface area contributed by atoms with E-state index in [1.165, 1.54) is 25.1 Å². The molecule has 168 valence electrons. The summed E-state index contributed by atoms with van der Waals surface area (Å²) in [5, 5.41) is 15.5. The van der Waals surface area contributed by atoms with E-state index in [4.69, 9.17) is 27.9 Å². The molecule has 0 aliphatic rings. The van der Waals surface area contributed by atoms with Crippen LogP contribution in [-0.2, 0) is 15.1 Å². The molecule has 3 N–H and O–H groups in total. The van der Waals surface area contributed by atoms with Crippen LogP contribution in [-0.4, -0.2) is 37.0 Å². The molecule has 0 bridgehead atoms. The normalized spacial score (nSPS) is 13.2. The fourth-order valence-corrected chi connectivity index (χ4v) is 2.81. The molecule has 0 aromatic heterocycles. The summed E-state index contributed by atoms with van der Waals surface area (Å²) < 4.78 is 50.0. The van der Waals surface area contributed by atoms with Crippen LogP contribution < -0.4 is 15.4 Å². The van der Waals surface area contributed by atoms with Crippen molar-refractivity contribution in [1.29, 1.82) is 0 Å². The number of amides is 2. The lowest BCUT2D eigenvalue weighted by Gasteiger charge is -2.29. The van der Waals surface area contributed by atoms with Crippen LogP contribution in [0.15, 0.2) is 36.4 Å². The first-order chi connectivity index (χ1) is 14.4. The van der Waals surface area contributed by atoms with Gasteiger partial charge in [-0.3, -0.25) is 0 Å². The molecule has 2 aromatic carbocycles. The van der Waals surface area contributed by atoms with Gasteiger partial charge in [-0.15, -0.1) is 0 Å². The van der Waals surface area contributed by atoms with E-state index >= 15 is 0 Å². The molecule has 0 aliphatic carbocycles. The minimum absolute atomic E-state index is 0.0304. The van der Waals surface area contributed by atoms with Crippen molar-refractivity contribution in [3.63, 3.8) is 0 Å². The lowest BCUT2D eigenvalue weighted by atomic mass is 9.92. The van der Waals surface area contributed by atoms with Crippen molar-refractivity contribution in [3.8, 4) is 5.75 Å². The third-order valence-corrected chi connectivity index (χ3v) is 4.77. The number of halogens is 5. The van der Waals surface area contributed by atoms with Crippen LogP contribution in [0.25, 0.3) is 0 Å². The maximum absolute atomic E-state index is 13.5. The Morgan fingerprint density at radius 3 is 2.29 bits per heavy atom. The van der Waals surface area contributed by atoms with E-state index in [9.17, 15) is 27.9 Å². The summed E-state index contributed by atoms with van der Waals surface area (Å²) in [6, 6.07) is 6.21. The molecule has 0 saturated carbocycles. The van der Waals surface area contributed by atoms with Crippen molar-refractivity contribution >= 4 is 46.6 Å². The number of methoxy groups -OCH3 is 1. The van der Waals surface area contributed by atoms with E-state index in [0.717, 1.165) is 25.3 Å². The second kappa shape index (κ2) is 9.63. The Kier molecular flexibility index (Phi) is 7.63. The Hall–Kier alpha value is -2.69. The maximum atomic E-state index is 13.5. The zero-order chi connectivity index (χ0) is 23.4. The zero-order valence-electron chi connectivity index (χ0n) is 16.1. The molecule has 1 atom stereocenters. The van der Waals surface area contributed by atoms with Crippen molar-refractivity contribution in [3.05, 3.63) is 52.0 Å². The second-order valence-electron chi connectivity index (χ2n) is 6.05. The number of hydrogen-bond acceptors (Lipinski definition) is 5. The standard InChI is InChI=1S/C19H17Cl2F3N2O5/c1-3-31-16(27)18(29,19(22,23)24)10-4-7-14(15(8-10)30-2)26-17(28)25-11-5-6-12(20)13(21)9-11/h4-9,29H,3H2,1-2H3,(H2,25,26,28)/t18-/m1/s1. The summed E-state index contributed by atoms with van der Waals surface area (Å²) in [4.78, 5) is 24.1. The lowest BCUT2D eigenvalue weighted by molar-refractivity contribution is -0.267. The van der Waals surface area contributed by atoms with Crippen molar-refractivity contribution in [2.45, 2.75) is 18.7 Å². The molecule has 7 nitrogen and oxygen atoms in total. The number of carbonyl (C=O) groups excluding carboxylic acids is 2. The number of ether oxygens (including phenoxy) is 2. The molecule has 0 spiro atoms. The van der Waals surface area contributed by atoms with Gasteiger partial charge in [0.1, 0.15) is 5.75 Å². The van der Waals surface area contributed by atoms with Crippen LogP contribution in [0.3, 0.4) is 0 Å². The average Bonchev–Trinajstić information content (AvgIpc) is 2.69. The van der Waals surface area contributed by atoms with Crippen LogP contribution in [0.4, 0.5) is 29.3 Å². The minimum Gasteiger partial charge on any atom is -0.495 e. The van der Waals surface area contributed by atoms with Crippen LogP contribution in [0, 0.1) is 0 Å². The van der Waals surface area contributed by atoms with E-state index < -0.39 is 29.3 Å². The van der Waals surface area contributed by atoms with Gasteiger partial charge in [-0.2, -0.15) is 13.2 Å². The smallest absolute Gasteiger partial charge is 0.432 e. The summed E-state index contributed by atoms with van der Waals surface area (Å²) >= 11 is 11.7. The first kappa shape index (κ1) is 24.6. The van der Waals surface area contributed by atoms with Crippen molar-refractivity contribution in [2.75, 3.05) is 24.4 Å². The SMILES string of the molecule is CCOC(=O)[C@](O)(c1ccc(NC(=O)Nc2ccc(Cl)c(Cl)c2)c(OC)c1)C(F)(F)F. The summed E-state index contributed by atoms with van der Waals surface area (Å²) in [5.41, 5.74) is -4.49. The predicted molar refractivity (Wildman–Crippen MR) is 109 cm³/mol. The number of rotatable bonds is 6. The topological polar surface area (TPSA) is 96.9 Å². The molecule has 31 heavy (non-hydrogen) atoms. The van der Waals surface area contributed by atoms with Gasteiger partial charge in [0.25, 0.3) is 5.60 Å². The second-order valence-corrected chi connectivity index (χ2v) is 6.87. The minimum atomic E-state index is -5.37. The van der Waals surface area contributed by atoms with Crippen LogP contribution in [0.5, 0.6) is 5.75 Å². The van der Waals surface area contributed by atoms with Crippen molar-refractivity contribution in [2.24, 2.45) is 0 Å². The first-order valence-corrected chi connectivity index (χ1v) is 9.37. The maximum Gasteiger partial charge on any atom is 0.432 e. The highest BCUT2D eigenvalue weighted by Gasteiger charge is 2.62. The van der Waals surface area contributed by atoms with Gasteiger partial charge in [-0.1, -0.05) is 29.3 Å². The number of nitrogens with one attached hydrogen (secondary N) is 2. The molecular weight excluding hydrogens is 464 g/mol. The van der Waals surface area contributed by atoms with Gasteiger partial charge in [0.05, 0.1) is 29.4 Å². The monoisotopic (exact) mass is 480 g/mol. The highest BCUT2D eigenvalue weighted by Crippen LogP contribution is 2.42. The third kappa shape index (κ3) is 5.33. The van der Waals surface area contributed by atoms with E-state index in [-0.39, 0.29) is 28.1 Å². The number of aliphatic hydroxyl groups is 1. The third-order valence-electron chi connectivity index (χ3n) is 4.03. The predicted octanol–water partition coefficient (Wildman–Crippen LogP) is 4.96. The summed E-state index contributed by atoms with van der Waals surface area (Å²) in [7, 11) is 1.14. The zero-order valence-corrected chi connectivity index (χ0v) is 17.7. The number of hydrogen-bond donors (Lipinski definition) is 3. The number of esters is 1. The van der Waals surface area contributed by atoms with Gasteiger partial charge in [-0.25, -0.2) is 9.59 Å². The molecule has 0 unspecified atom stereocenters. The van der Waals surface area contributed by atoms with E-state index in [0.29, 0.717) is 5.69 Å². The molecule has 0 heterocycles. The Bertz CT molecular complexity index is 988. The number of carbonyl (C=O) groups is 2. The number of anilines is 2. The fourth-order valence-electron chi connectivity index (χ4n) is 2.51. The number of urea groups is 1. The van der Waals surface area contributed by atoms with E-state index in [2.05, 4.69) is 15.4 Å². The van der Waals surface area contributed by atoms with Gasteiger partial charge >= 0.3 is 18.2 Å². The number of alkyl halides is 3. The Labute approximate surface area is 185 Å². The van der Waals surface area contributed by atoms with Crippen molar-refractivity contribution in [1.82, 2.24) is 0 Å². The molecule has 12 heteroatoms. The molecule has 2 amide bonds. The molecule has 2 aromatic rings. The number of benzene rings is 2. The average molecular weight is 481 g/mol. The Balaban J connectivity index is 2.32. The molecule has 0 saturated heterocycles. The van der Waals surface area contributed by atoms with Gasteiger partial charge < -0.3 is 25.2 Å². The molecule has 0 radical (unpaired) electrons. The first-order valence-electron chi connectivity index (χ1n) is 8.62. The van der Waals surface area contributed by atoms with Crippen LogP contribution in [0.2, 0.25) is 10.0 Å². The summed E-state index contributed by atoms with van der Waals surface area (Å²) in [6.07, 6.45) is -5.37. The summed E-state index contributed by atoms with van der Waals surface area (Å²) in [5.74, 6) is -2.13.